The maximum atomic E-state index is 14.6. The van der Waals surface area contributed by atoms with Crippen LogP contribution in [0.15, 0.2) is 36.7 Å². The molecule has 0 aliphatic rings. The van der Waals surface area contributed by atoms with Crippen molar-refractivity contribution >= 4 is 34.0 Å². The summed E-state index contributed by atoms with van der Waals surface area (Å²) in [6.07, 6.45) is 1.43. The smallest absolute Gasteiger partial charge is 0.267 e. The number of fused-ring (bicyclic) bond motifs is 1. The quantitative estimate of drug-likeness (QED) is 0.357. The summed E-state index contributed by atoms with van der Waals surface area (Å²) in [5, 5.41) is 13.3. The first-order valence-electron chi connectivity index (χ1n) is 11.2. The topological polar surface area (TPSA) is 105 Å². The second-order valence-corrected chi connectivity index (χ2v) is 9.01. The van der Waals surface area contributed by atoms with Crippen LogP contribution in [0.4, 0.5) is 10.2 Å². The molecule has 0 spiro atoms. The van der Waals surface area contributed by atoms with Crippen molar-refractivity contribution in [2.45, 2.75) is 13.5 Å². The van der Waals surface area contributed by atoms with Gasteiger partial charge in [0.25, 0.3) is 5.91 Å². The van der Waals surface area contributed by atoms with E-state index in [2.05, 4.69) is 21.4 Å². The molecule has 11 heteroatoms. The number of amides is 1. The van der Waals surface area contributed by atoms with Gasteiger partial charge < -0.3 is 24.3 Å². The van der Waals surface area contributed by atoms with Crippen molar-refractivity contribution in [3.8, 4) is 28.1 Å². The highest BCUT2D eigenvalue weighted by Gasteiger charge is 2.21. The van der Waals surface area contributed by atoms with Gasteiger partial charge in [-0.15, -0.1) is 11.3 Å². The van der Waals surface area contributed by atoms with Crippen LogP contribution in [0.2, 0.25) is 0 Å². The summed E-state index contributed by atoms with van der Waals surface area (Å²) in [4.78, 5) is 24.0. The van der Waals surface area contributed by atoms with Crippen molar-refractivity contribution in [1.82, 2.24) is 19.4 Å². The molecule has 186 valence electrons. The number of carbonyl (C=O) groups is 1. The van der Waals surface area contributed by atoms with Gasteiger partial charge in [-0.3, -0.25) is 4.79 Å². The van der Waals surface area contributed by atoms with E-state index in [9.17, 15) is 14.4 Å². The lowest BCUT2D eigenvalue weighted by molar-refractivity contribution is 0.0828. The highest BCUT2D eigenvalue weighted by molar-refractivity contribution is 7.17. The predicted octanol–water partition coefficient (Wildman–Crippen LogP) is 4.39. The number of aromatic nitrogens is 3. The fourth-order valence-electron chi connectivity index (χ4n) is 3.81. The molecule has 36 heavy (non-hydrogen) atoms. The fourth-order valence-corrected chi connectivity index (χ4v) is 4.91. The molecule has 0 fully saturated rings. The van der Waals surface area contributed by atoms with Crippen molar-refractivity contribution in [1.29, 1.82) is 5.26 Å². The summed E-state index contributed by atoms with van der Waals surface area (Å²) in [5.41, 5.74) is 1.28. The van der Waals surface area contributed by atoms with Gasteiger partial charge in [0.15, 0.2) is 0 Å². The standard InChI is InChI=1S/C25H25FN6O3S/c1-5-35-20-12-21(36-24(20)25(33)31(2)3)18-11-22(30-14-29-18)28-8-9-32-15(13-27)10-16-19(34-4)7-6-17(26)23(16)32/h6-7,10-12,14H,5,8-9H2,1-4H3,(H,28,29,30). The van der Waals surface area contributed by atoms with Crippen LogP contribution in [0.3, 0.4) is 0 Å². The summed E-state index contributed by atoms with van der Waals surface area (Å²) in [6, 6.07) is 10.2. The van der Waals surface area contributed by atoms with Gasteiger partial charge in [-0.05, 0) is 25.1 Å². The molecule has 0 aliphatic heterocycles. The van der Waals surface area contributed by atoms with Crippen LogP contribution in [0.1, 0.15) is 22.3 Å². The maximum Gasteiger partial charge on any atom is 0.267 e. The summed E-state index contributed by atoms with van der Waals surface area (Å²) in [6.45, 7) is 3.00. The number of rotatable bonds is 9. The van der Waals surface area contributed by atoms with E-state index in [1.807, 2.05) is 6.92 Å². The summed E-state index contributed by atoms with van der Waals surface area (Å²) < 4.78 is 27.2. The first-order chi connectivity index (χ1) is 17.4. The van der Waals surface area contributed by atoms with Crippen LogP contribution in [0.25, 0.3) is 21.5 Å². The Labute approximate surface area is 211 Å². The number of benzene rings is 1. The normalized spacial score (nSPS) is 10.8. The van der Waals surface area contributed by atoms with Crippen LogP contribution in [0, 0.1) is 17.1 Å². The van der Waals surface area contributed by atoms with Crippen LogP contribution < -0.4 is 14.8 Å². The number of methoxy groups -OCH3 is 1. The van der Waals surface area contributed by atoms with Gasteiger partial charge in [0.05, 0.1) is 29.8 Å². The number of carbonyl (C=O) groups excluding carboxylic acids is 1. The monoisotopic (exact) mass is 508 g/mol. The molecule has 0 saturated carbocycles. The minimum absolute atomic E-state index is 0.141. The average Bonchev–Trinajstić information content (AvgIpc) is 3.46. The molecule has 0 atom stereocenters. The number of anilines is 1. The Bertz CT molecular complexity index is 1460. The Balaban J connectivity index is 1.56. The largest absolute Gasteiger partial charge is 0.496 e. The fraction of sp³-hybridized carbons (Fsp3) is 0.280. The zero-order valence-electron chi connectivity index (χ0n) is 20.3. The van der Waals surface area contributed by atoms with E-state index in [1.54, 1.807) is 42.9 Å². The van der Waals surface area contributed by atoms with E-state index in [0.29, 0.717) is 64.2 Å². The van der Waals surface area contributed by atoms with Gasteiger partial charge in [0, 0.05) is 44.7 Å². The molecule has 0 saturated heterocycles. The lowest BCUT2D eigenvalue weighted by atomic mass is 10.2. The summed E-state index contributed by atoms with van der Waals surface area (Å²) >= 11 is 1.30. The molecular formula is C25H25FN6O3S. The van der Waals surface area contributed by atoms with Crippen molar-refractivity contribution in [3.05, 3.63) is 53.0 Å². The first-order valence-corrected chi connectivity index (χ1v) is 12.0. The molecule has 4 rings (SSSR count). The van der Waals surface area contributed by atoms with Gasteiger partial charge in [-0.2, -0.15) is 5.26 Å². The third kappa shape index (κ3) is 4.81. The van der Waals surface area contributed by atoms with Gasteiger partial charge in [-0.1, -0.05) is 0 Å². The molecule has 0 radical (unpaired) electrons. The third-order valence-electron chi connectivity index (χ3n) is 5.46. The lowest BCUT2D eigenvalue weighted by Crippen LogP contribution is -2.21. The molecule has 0 unspecified atom stereocenters. The van der Waals surface area contributed by atoms with Crippen molar-refractivity contribution in [2.24, 2.45) is 0 Å². The van der Waals surface area contributed by atoms with Gasteiger partial charge >= 0.3 is 0 Å². The molecule has 3 aromatic heterocycles. The Morgan fingerprint density at radius 2 is 2.06 bits per heavy atom. The predicted molar refractivity (Wildman–Crippen MR) is 136 cm³/mol. The molecule has 4 aromatic rings. The number of hydrogen-bond donors (Lipinski definition) is 1. The van der Waals surface area contributed by atoms with Crippen LogP contribution in [-0.4, -0.2) is 59.7 Å². The van der Waals surface area contributed by atoms with Crippen LogP contribution >= 0.6 is 11.3 Å². The van der Waals surface area contributed by atoms with E-state index in [-0.39, 0.29) is 5.91 Å². The molecule has 1 N–H and O–H groups in total. The zero-order valence-corrected chi connectivity index (χ0v) is 21.1. The highest BCUT2D eigenvalue weighted by atomic mass is 32.1. The number of nitrogens with one attached hydrogen (secondary N) is 1. The number of nitriles is 1. The number of hydrogen-bond acceptors (Lipinski definition) is 8. The van der Waals surface area contributed by atoms with E-state index in [4.69, 9.17) is 9.47 Å². The van der Waals surface area contributed by atoms with E-state index in [1.165, 1.54) is 35.7 Å². The Hall–Kier alpha value is -4.17. The zero-order chi connectivity index (χ0) is 25.8. The minimum atomic E-state index is -0.428. The number of thiophene rings is 1. The Kier molecular flexibility index (Phi) is 7.36. The van der Waals surface area contributed by atoms with Gasteiger partial charge in [0.2, 0.25) is 0 Å². The van der Waals surface area contributed by atoms with Crippen LogP contribution in [0.5, 0.6) is 11.5 Å². The van der Waals surface area contributed by atoms with Crippen molar-refractivity contribution in [2.75, 3.05) is 39.7 Å². The molecule has 1 amide bonds. The third-order valence-corrected chi connectivity index (χ3v) is 6.59. The summed E-state index contributed by atoms with van der Waals surface area (Å²) in [7, 11) is 4.89. The minimum Gasteiger partial charge on any atom is -0.496 e. The van der Waals surface area contributed by atoms with Gasteiger partial charge in [-0.25, -0.2) is 14.4 Å². The molecule has 1 aromatic carbocycles. The Morgan fingerprint density at radius 1 is 1.25 bits per heavy atom. The van der Waals surface area contributed by atoms with Crippen LogP contribution in [-0.2, 0) is 6.54 Å². The second-order valence-electron chi connectivity index (χ2n) is 7.96. The maximum absolute atomic E-state index is 14.6. The number of nitrogens with zero attached hydrogens (tertiary/aromatic N) is 5. The van der Waals surface area contributed by atoms with E-state index < -0.39 is 5.82 Å². The van der Waals surface area contributed by atoms with Crippen molar-refractivity contribution in [3.63, 3.8) is 0 Å². The second kappa shape index (κ2) is 10.6. The molecule has 3 heterocycles. The van der Waals surface area contributed by atoms with Crippen molar-refractivity contribution < 1.29 is 18.7 Å². The average molecular weight is 509 g/mol. The SMILES string of the molecule is CCOc1cc(-c2cc(NCCn3c(C#N)cc4c(OC)ccc(F)c43)ncn2)sc1C(=O)N(C)C. The lowest BCUT2D eigenvalue weighted by Gasteiger charge is -2.11. The highest BCUT2D eigenvalue weighted by Crippen LogP contribution is 2.36. The molecular weight excluding hydrogens is 483 g/mol. The van der Waals surface area contributed by atoms with E-state index in [0.717, 1.165) is 4.88 Å². The molecule has 9 nitrogen and oxygen atoms in total. The number of ether oxygens (including phenoxy) is 2. The molecule has 0 aliphatic carbocycles. The Morgan fingerprint density at radius 3 is 2.75 bits per heavy atom. The van der Waals surface area contributed by atoms with E-state index >= 15 is 0 Å². The van der Waals surface area contributed by atoms with Gasteiger partial charge in [0.1, 0.15) is 46.1 Å². The molecule has 0 bridgehead atoms. The first kappa shape index (κ1) is 24.9. The summed E-state index contributed by atoms with van der Waals surface area (Å²) in [5.74, 6) is 1.01. The number of halogens is 1.